The zero-order chi connectivity index (χ0) is 14.7. The van der Waals surface area contributed by atoms with Crippen molar-refractivity contribution in [2.45, 2.75) is 37.9 Å². The molecule has 2 saturated carbocycles. The summed E-state index contributed by atoms with van der Waals surface area (Å²) in [7, 11) is 0. The van der Waals surface area contributed by atoms with Crippen molar-refractivity contribution in [3.8, 4) is 0 Å². The number of carbonyl (C=O) groups is 3. The van der Waals surface area contributed by atoms with Crippen LogP contribution in [0.1, 0.15) is 32.1 Å². The summed E-state index contributed by atoms with van der Waals surface area (Å²) in [6.07, 6.45) is 0.670. The smallest absolute Gasteiger partial charge is 0.312 e. The highest BCUT2D eigenvalue weighted by Gasteiger charge is 2.74. The highest BCUT2D eigenvalue weighted by Crippen LogP contribution is 2.68. The Morgan fingerprint density at radius 1 is 1.30 bits per heavy atom. The molecule has 1 heterocycles. The van der Waals surface area contributed by atoms with E-state index in [0.29, 0.717) is 6.42 Å². The number of hydrogen-bond acceptors (Lipinski definition) is 5. The van der Waals surface area contributed by atoms with Gasteiger partial charge in [0.2, 0.25) is 5.79 Å². The van der Waals surface area contributed by atoms with Gasteiger partial charge >= 0.3 is 17.9 Å². The first kappa shape index (κ1) is 13.4. The second-order valence-electron chi connectivity index (χ2n) is 6.10. The predicted molar refractivity (Wildman–Crippen MR) is 62.3 cm³/mol. The minimum atomic E-state index is -1.61. The van der Waals surface area contributed by atoms with E-state index in [0.717, 1.165) is 0 Å². The maximum Gasteiger partial charge on any atom is 0.312 e. The number of carboxylic acids is 2. The number of carbonyl (C=O) groups excluding carboxylic acids is 1. The van der Waals surface area contributed by atoms with Crippen molar-refractivity contribution in [1.82, 2.24) is 0 Å². The van der Waals surface area contributed by atoms with E-state index in [1.807, 2.05) is 0 Å². The molecular weight excluding hydrogens is 268 g/mol. The predicted octanol–water partition coefficient (Wildman–Crippen LogP) is 0.214. The lowest BCUT2D eigenvalue weighted by molar-refractivity contribution is -0.200. The Morgan fingerprint density at radius 3 is 2.60 bits per heavy atom. The van der Waals surface area contributed by atoms with E-state index in [4.69, 9.17) is 9.84 Å². The van der Waals surface area contributed by atoms with Crippen LogP contribution in [0, 0.1) is 23.2 Å². The van der Waals surface area contributed by atoms with Gasteiger partial charge < -0.3 is 20.1 Å². The van der Waals surface area contributed by atoms with E-state index in [1.165, 1.54) is 0 Å². The molecule has 0 aromatic rings. The second kappa shape index (κ2) is 3.94. The summed E-state index contributed by atoms with van der Waals surface area (Å²) in [6.45, 7) is 0. The Kier molecular flexibility index (Phi) is 2.63. The summed E-state index contributed by atoms with van der Waals surface area (Å²) < 4.78 is 5.04. The Hall–Kier alpha value is -1.63. The van der Waals surface area contributed by atoms with Crippen LogP contribution in [0.4, 0.5) is 0 Å². The van der Waals surface area contributed by atoms with Crippen molar-refractivity contribution in [1.29, 1.82) is 0 Å². The minimum absolute atomic E-state index is 0.126. The lowest BCUT2D eigenvalue weighted by atomic mass is 9.69. The van der Waals surface area contributed by atoms with Crippen LogP contribution in [-0.2, 0) is 19.1 Å². The average Bonchev–Trinajstić information content (AvgIpc) is 2.91. The highest BCUT2D eigenvalue weighted by molar-refractivity contribution is 5.81. The Balaban J connectivity index is 2.00. The minimum Gasteiger partial charge on any atom is -0.481 e. The topological polar surface area (TPSA) is 121 Å². The van der Waals surface area contributed by atoms with Crippen LogP contribution in [0.15, 0.2) is 0 Å². The molecule has 5 unspecified atom stereocenters. The average molecular weight is 284 g/mol. The zero-order valence-electron chi connectivity index (χ0n) is 10.7. The molecule has 1 saturated heterocycles. The molecule has 3 N–H and O–H groups in total. The molecular formula is C13H16O7. The molecule has 0 spiro atoms. The van der Waals surface area contributed by atoms with E-state index < -0.39 is 46.9 Å². The molecule has 7 heteroatoms. The number of carboxylic acid groups (broad SMARTS) is 2. The van der Waals surface area contributed by atoms with Crippen molar-refractivity contribution >= 4 is 17.9 Å². The first-order valence-corrected chi connectivity index (χ1v) is 6.70. The molecule has 1 aliphatic heterocycles. The fraction of sp³-hybridized carbons (Fsp3) is 0.769. The van der Waals surface area contributed by atoms with Crippen molar-refractivity contribution in [2.75, 3.05) is 0 Å². The van der Waals surface area contributed by atoms with E-state index in [1.54, 1.807) is 0 Å². The summed E-state index contributed by atoms with van der Waals surface area (Å²) in [5.74, 6) is -6.21. The van der Waals surface area contributed by atoms with Gasteiger partial charge in [0, 0.05) is 18.8 Å². The maximum absolute atomic E-state index is 11.8. The monoisotopic (exact) mass is 284 g/mol. The van der Waals surface area contributed by atoms with Crippen molar-refractivity contribution < 1.29 is 34.4 Å². The van der Waals surface area contributed by atoms with Crippen LogP contribution in [0.2, 0.25) is 0 Å². The number of esters is 1. The number of hydrogen-bond donors (Lipinski definition) is 3. The molecule has 0 radical (unpaired) electrons. The lowest BCUT2D eigenvalue weighted by Gasteiger charge is -2.34. The fourth-order valence-electron chi connectivity index (χ4n) is 4.64. The van der Waals surface area contributed by atoms with Gasteiger partial charge in [-0.2, -0.15) is 0 Å². The number of ether oxygens (including phenoxy) is 1. The van der Waals surface area contributed by atoms with Crippen LogP contribution in [0.5, 0.6) is 0 Å². The van der Waals surface area contributed by atoms with Crippen LogP contribution in [0.25, 0.3) is 0 Å². The van der Waals surface area contributed by atoms with E-state index in [9.17, 15) is 24.6 Å². The molecule has 110 valence electrons. The van der Waals surface area contributed by atoms with Gasteiger partial charge in [-0.05, 0) is 24.7 Å². The molecule has 3 rings (SSSR count). The van der Waals surface area contributed by atoms with Crippen LogP contribution >= 0.6 is 0 Å². The number of aliphatic carboxylic acids is 2. The largest absolute Gasteiger partial charge is 0.481 e. The SMILES string of the molecule is O=C(O)CCC12CCC3(O)OC(=O)C(CC1C(=O)O)C32. The van der Waals surface area contributed by atoms with Gasteiger partial charge in [0.15, 0.2) is 0 Å². The first-order valence-electron chi connectivity index (χ1n) is 6.70. The Morgan fingerprint density at radius 2 is 2.00 bits per heavy atom. The van der Waals surface area contributed by atoms with Gasteiger partial charge in [-0.25, -0.2) is 0 Å². The normalized spacial score (nSPS) is 45.2. The summed E-state index contributed by atoms with van der Waals surface area (Å²) in [5.41, 5.74) is -0.851. The van der Waals surface area contributed by atoms with Gasteiger partial charge in [-0.15, -0.1) is 0 Å². The first-order chi connectivity index (χ1) is 9.30. The molecule has 0 bridgehead atoms. The molecule has 20 heavy (non-hydrogen) atoms. The van der Waals surface area contributed by atoms with Crippen molar-refractivity contribution in [3.05, 3.63) is 0 Å². The number of aliphatic hydroxyl groups is 1. The molecule has 3 aliphatic rings. The molecule has 3 fully saturated rings. The summed E-state index contributed by atoms with van der Waals surface area (Å²) in [4.78, 5) is 34.1. The third-order valence-electron chi connectivity index (χ3n) is 5.32. The molecule has 0 aromatic carbocycles. The quantitative estimate of drug-likeness (QED) is 0.631. The van der Waals surface area contributed by atoms with E-state index in [2.05, 4.69) is 0 Å². The third-order valence-corrected chi connectivity index (χ3v) is 5.32. The highest BCUT2D eigenvalue weighted by atomic mass is 16.7. The van der Waals surface area contributed by atoms with E-state index in [-0.39, 0.29) is 25.7 Å². The Bertz CT molecular complexity index is 501. The van der Waals surface area contributed by atoms with E-state index >= 15 is 0 Å². The van der Waals surface area contributed by atoms with Crippen molar-refractivity contribution in [2.24, 2.45) is 23.2 Å². The fourth-order valence-corrected chi connectivity index (χ4v) is 4.64. The lowest BCUT2D eigenvalue weighted by Crippen LogP contribution is -2.40. The standard InChI is InChI=1S/C13H16O7/c14-8(15)1-2-12-3-4-13(19)9(12)6(11(18)20-13)5-7(12)10(16)17/h6-7,9,19H,1-5H2,(H,14,15)(H,16,17). The van der Waals surface area contributed by atoms with Gasteiger partial charge in [0.1, 0.15) is 0 Å². The van der Waals surface area contributed by atoms with Gasteiger partial charge in [0.25, 0.3) is 0 Å². The molecule has 2 aliphatic carbocycles. The third kappa shape index (κ3) is 1.52. The second-order valence-corrected chi connectivity index (χ2v) is 6.10. The maximum atomic E-state index is 11.8. The van der Waals surface area contributed by atoms with Crippen LogP contribution < -0.4 is 0 Å². The van der Waals surface area contributed by atoms with Gasteiger partial charge in [0.05, 0.1) is 11.8 Å². The van der Waals surface area contributed by atoms with Gasteiger partial charge in [-0.1, -0.05) is 0 Å². The summed E-state index contributed by atoms with van der Waals surface area (Å²) >= 11 is 0. The zero-order valence-corrected chi connectivity index (χ0v) is 10.7. The van der Waals surface area contributed by atoms with Crippen LogP contribution in [-0.4, -0.2) is 39.0 Å². The number of rotatable bonds is 4. The summed E-state index contributed by atoms with van der Waals surface area (Å²) in [6, 6.07) is 0. The molecule has 5 atom stereocenters. The molecule has 0 aromatic heterocycles. The molecule has 7 nitrogen and oxygen atoms in total. The Labute approximate surface area is 114 Å². The van der Waals surface area contributed by atoms with Crippen LogP contribution in [0.3, 0.4) is 0 Å². The summed E-state index contributed by atoms with van der Waals surface area (Å²) in [5, 5.41) is 28.7. The van der Waals surface area contributed by atoms with Crippen molar-refractivity contribution in [3.63, 3.8) is 0 Å². The van der Waals surface area contributed by atoms with Gasteiger partial charge in [-0.3, -0.25) is 14.4 Å². The molecule has 0 amide bonds.